The molecular formula is C41H64BrF2MgN6O5S2Y-. The Morgan fingerprint density at radius 3 is 1.81 bits per heavy atom. The Balaban J connectivity index is 0.000000312. The number of sulfonamides is 2. The summed E-state index contributed by atoms with van der Waals surface area (Å²) in [6.07, 6.45) is 6.46. The van der Waals surface area contributed by atoms with E-state index >= 15 is 0 Å². The van der Waals surface area contributed by atoms with Crippen molar-refractivity contribution in [1.82, 2.24) is 29.0 Å². The van der Waals surface area contributed by atoms with Gasteiger partial charge in [0.25, 0.3) is 0 Å². The summed E-state index contributed by atoms with van der Waals surface area (Å²) in [5.41, 5.74) is 1.02. The van der Waals surface area contributed by atoms with Crippen LogP contribution in [0.5, 0.6) is 0 Å². The van der Waals surface area contributed by atoms with Crippen molar-refractivity contribution in [2.45, 2.75) is 93.8 Å². The van der Waals surface area contributed by atoms with Gasteiger partial charge in [0.15, 0.2) is 0 Å². The summed E-state index contributed by atoms with van der Waals surface area (Å²) >= 11 is 0. The minimum Gasteiger partial charge on any atom is -1.00 e. The molecule has 2 aromatic rings. The SMILES string of the molecule is C[C@H]1CN(C)CCN1.C[C@H]1CNCCN1[C@@H](c1cccc(F)c1)C1CCN(S(=O)(=O)C2CC2)CC1.Fc1c[c-]ccc1.O=S(=O)(C1CC1)N1CCC([CH-]O)CC1.[Br-].[Mg+2].[Y]. The standard InChI is InChI=1S/C20H30FN3O2S.C9H16NO3S.C6H4F.C6H14N2.BrH.Mg.Y/c1-15-14-22-9-12-24(15)20(17-3-2-4-18(21)13-17)16-7-10-23(11-8-16)27(25,26)19-5-6-19;11-7-8-3-5-10(6-4-8)14(12,13)9-1-2-9;7-6-4-2-1-3-5-6;1-6-5-8(2)4-3-7-6;;;/h2-4,13,15-16,19-20,22H,5-12,14H2,1H3;7-9,11H,1-6H2;1-2,4-5H;6-7H,3-5H2,1-2H3;1H;;/q;2*-1;;;+2;/p-1/t15-,20+;;;6-;;;/m0..0.../s1. The smallest absolute Gasteiger partial charge is 1.00 e. The second-order valence-electron chi connectivity index (χ2n) is 16.2. The minimum absolute atomic E-state index is 0. The van der Waals surface area contributed by atoms with Gasteiger partial charge in [0.2, 0.25) is 20.0 Å². The van der Waals surface area contributed by atoms with E-state index in [9.17, 15) is 25.6 Å². The average Bonchev–Trinajstić information content (AvgIpc) is 4.11. The van der Waals surface area contributed by atoms with E-state index in [-0.39, 0.29) is 107 Å². The van der Waals surface area contributed by atoms with Crippen molar-refractivity contribution in [2.75, 3.05) is 72.5 Å². The fourth-order valence-electron chi connectivity index (χ4n) is 8.07. The summed E-state index contributed by atoms with van der Waals surface area (Å²) in [6, 6.07) is 16.7. The van der Waals surface area contributed by atoms with Gasteiger partial charge in [0.05, 0.1) is 10.5 Å². The van der Waals surface area contributed by atoms with Gasteiger partial charge < -0.3 is 37.6 Å². The second-order valence-corrected chi connectivity index (χ2v) is 20.7. The first-order valence-electron chi connectivity index (χ1n) is 20.5. The summed E-state index contributed by atoms with van der Waals surface area (Å²) in [5.74, 6) is 0.0928. The Kier molecular flexibility index (Phi) is 25.3. The molecule has 8 rings (SSSR count). The molecule has 3 N–H and O–H groups in total. The first-order valence-corrected chi connectivity index (χ1v) is 23.5. The molecule has 0 bridgehead atoms. The number of piperazine rings is 2. The van der Waals surface area contributed by atoms with Crippen molar-refractivity contribution in [1.29, 1.82) is 0 Å². The number of hydrogen-bond donors (Lipinski definition) is 3. The van der Waals surface area contributed by atoms with Crippen LogP contribution in [0.3, 0.4) is 0 Å². The molecule has 11 nitrogen and oxygen atoms in total. The number of halogens is 3. The maximum atomic E-state index is 14.0. The number of rotatable bonds is 8. The Morgan fingerprint density at radius 2 is 1.39 bits per heavy atom. The van der Waals surface area contributed by atoms with Gasteiger partial charge in [-0.05, 0) is 83.0 Å². The van der Waals surface area contributed by atoms with Crippen molar-refractivity contribution in [2.24, 2.45) is 11.8 Å². The summed E-state index contributed by atoms with van der Waals surface area (Å²) < 4.78 is 77.8. The van der Waals surface area contributed by atoms with Crippen molar-refractivity contribution < 1.29 is 80.4 Å². The van der Waals surface area contributed by atoms with Crippen LogP contribution in [0.1, 0.15) is 76.8 Å². The van der Waals surface area contributed by atoms with Gasteiger partial charge in [-0.1, -0.05) is 25.0 Å². The van der Waals surface area contributed by atoms with Gasteiger partial charge in [0.1, 0.15) is 5.82 Å². The zero-order valence-electron chi connectivity index (χ0n) is 35.1. The fraction of sp³-hybridized carbons (Fsp3) is 0.683. The van der Waals surface area contributed by atoms with Crippen LogP contribution < -0.4 is 27.6 Å². The Hall–Kier alpha value is 0.270. The van der Waals surface area contributed by atoms with E-state index in [4.69, 9.17) is 5.11 Å². The summed E-state index contributed by atoms with van der Waals surface area (Å²) in [7, 11) is -3.91. The first kappa shape index (κ1) is 55.4. The molecule has 2 aromatic carbocycles. The van der Waals surface area contributed by atoms with Crippen LogP contribution in [0.4, 0.5) is 8.78 Å². The molecule has 2 aliphatic carbocycles. The third kappa shape index (κ3) is 17.3. The summed E-state index contributed by atoms with van der Waals surface area (Å²) in [5, 5.41) is 15.4. The molecule has 3 atom stereocenters. The molecule has 18 heteroatoms. The van der Waals surface area contributed by atoms with E-state index in [1.807, 2.05) is 6.07 Å². The molecule has 4 saturated heterocycles. The number of likely N-dealkylation sites (N-methyl/N-ethyl adjacent to an activating group) is 1. The molecule has 0 spiro atoms. The molecule has 0 unspecified atom stereocenters. The predicted molar refractivity (Wildman–Crippen MR) is 223 cm³/mol. The van der Waals surface area contributed by atoms with Gasteiger partial charge in [-0.3, -0.25) is 9.29 Å². The normalized spacial score (nSPS) is 24.4. The molecule has 6 fully saturated rings. The number of nitrogens with zero attached hydrogens (tertiary/aromatic N) is 4. The number of aliphatic hydroxyl groups excluding tert-OH is 1. The number of piperidine rings is 2. The van der Waals surface area contributed by atoms with E-state index < -0.39 is 20.0 Å². The van der Waals surface area contributed by atoms with Gasteiger partial charge in [0, 0.05) is 122 Å². The molecule has 59 heavy (non-hydrogen) atoms. The van der Waals surface area contributed by atoms with Crippen LogP contribution >= 0.6 is 0 Å². The number of aliphatic hydroxyl groups is 1. The third-order valence-electron chi connectivity index (χ3n) is 11.6. The fourth-order valence-corrected chi connectivity index (χ4v) is 11.8. The molecule has 4 heterocycles. The van der Waals surface area contributed by atoms with E-state index in [1.165, 1.54) is 37.9 Å². The van der Waals surface area contributed by atoms with Crippen molar-refractivity contribution in [3.05, 3.63) is 78.4 Å². The Labute approximate surface area is 405 Å². The molecule has 0 aromatic heterocycles. The molecule has 0 amide bonds. The quantitative estimate of drug-likeness (QED) is 0.265. The van der Waals surface area contributed by atoms with Gasteiger partial charge in [-0.2, -0.15) is 18.2 Å². The van der Waals surface area contributed by atoms with Crippen LogP contribution in [0.25, 0.3) is 0 Å². The molecule has 327 valence electrons. The number of nitrogens with one attached hydrogen (secondary N) is 2. The van der Waals surface area contributed by atoms with E-state index in [2.05, 4.69) is 47.4 Å². The summed E-state index contributed by atoms with van der Waals surface area (Å²) in [6.45, 7) is 14.3. The predicted octanol–water partition coefficient (Wildman–Crippen LogP) is 1.25. The van der Waals surface area contributed by atoms with Crippen LogP contribution in [0.15, 0.2) is 48.5 Å². The molecular weight excluding hydrogens is 952 g/mol. The first-order chi connectivity index (χ1) is 26.8. The zero-order valence-corrected chi connectivity index (χ0v) is 42.5. The average molecular weight is 1020 g/mol. The van der Waals surface area contributed by atoms with Crippen LogP contribution in [-0.2, 0) is 52.8 Å². The molecule has 1 radical (unpaired) electrons. The topological polar surface area (TPSA) is 126 Å². The largest absolute Gasteiger partial charge is 2.00 e. The monoisotopic (exact) mass is 1010 g/mol. The van der Waals surface area contributed by atoms with Crippen molar-refractivity contribution >= 4 is 43.1 Å². The van der Waals surface area contributed by atoms with Crippen molar-refractivity contribution in [3.63, 3.8) is 0 Å². The number of hydrogen-bond acceptors (Lipinski definition) is 9. The van der Waals surface area contributed by atoms with Gasteiger partial charge >= 0.3 is 23.1 Å². The maximum Gasteiger partial charge on any atom is 2.00 e. The number of benzene rings is 2. The maximum absolute atomic E-state index is 14.0. The van der Waals surface area contributed by atoms with E-state index in [0.29, 0.717) is 44.2 Å². The van der Waals surface area contributed by atoms with Crippen LogP contribution in [0.2, 0.25) is 0 Å². The van der Waals surface area contributed by atoms with Gasteiger partial charge in [-0.15, -0.1) is 18.1 Å². The van der Waals surface area contributed by atoms with Crippen LogP contribution in [0, 0.1) is 36.1 Å². The molecule has 2 saturated carbocycles. The Morgan fingerprint density at radius 1 is 0.814 bits per heavy atom. The van der Waals surface area contributed by atoms with Gasteiger partial charge in [-0.25, -0.2) is 36.4 Å². The van der Waals surface area contributed by atoms with E-state index in [0.717, 1.165) is 83.1 Å². The van der Waals surface area contributed by atoms with Crippen LogP contribution in [-0.4, -0.2) is 158 Å². The molecule has 6 aliphatic rings. The van der Waals surface area contributed by atoms with E-state index in [1.54, 1.807) is 32.9 Å². The zero-order chi connectivity index (χ0) is 40.3. The molecule has 4 aliphatic heterocycles. The second kappa shape index (κ2) is 26.9. The minimum atomic E-state index is -3.10. The Bertz CT molecular complexity index is 1700. The summed E-state index contributed by atoms with van der Waals surface area (Å²) in [4.78, 5) is 4.84. The van der Waals surface area contributed by atoms with Crippen molar-refractivity contribution in [3.8, 4) is 0 Å². The third-order valence-corrected chi connectivity index (χ3v) is 16.4.